The predicted octanol–water partition coefficient (Wildman–Crippen LogP) is 3.39. The molecule has 0 unspecified atom stereocenters. The molecule has 0 aliphatic heterocycles. The van der Waals surface area contributed by atoms with Gasteiger partial charge in [-0.2, -0.15) is 0 Å². The van der Waals surface area contributed by atoms with Crippen LogP contribution < -0.4 is 0 Å². The van der Waals surface area contributed by atoms with E-state index in [0.717, 1.165) is 0 Å². The fourth-order valence-electron chi connectivity index (χ4n) is 0.946. The molecule has 0 amide bonds. The third kappa shape index (κ3) is 1.19. The maximum absolute atomic E-state index is 12.9. The van der Waals surface area contributed by atoms with Crippen LogP contribution in [0.3, 0.4) is 0 Å². The summed E-state index contributed by atoms with van der Waals surface area (Å²) in [5.74, 6) is -0.338. The minimum atomic E-state index is -0.338. The van der Waals surface area contributed by atoms with Crippen molar-refractivity contribution in [2.24, 2.45) is 0 Å². The van der Waals surface area contributed by atoms with E-state index in [1.54, 1.807) is 0 Å². The van der Waals surface area contributed by atoms with Crippen molar-refractivity contribution in [2.45, 2.75) is 0 Å². The zero-order chi connectivity index (χ0) is 8.72. The first-order valence-electron chi connectivity index (χ1n) is 3.15. The van der Waals surface area contributed by atoms with Crippen LogP contribution in [0.1, 0.15) is 0 Å². The molecular formula is C7H3BrFNOS. The lowest BCUT2D eigenvalue weighted by atomic mass is 10.3. The highest BCUT2D eigenvalue weighted by Gasteiger charge is 2.04. The summed E-state index contributed by atoms with van der Waals surface area (Å²) in [4.78, 5) is 2.97. The molecule has 12 heavy (non-hydrogen) atoms. The van der Waals surface area contributed by atoms with Gasteiger partial charge >= 0.3 is 0 Å². The molecule has 0 radical (unpaired) electrons. The minimum absolute atomic E-state index is 0.252. The normalized spacial score (nSPS) is 10.8. The molecule has 0 aliphatic carbocycles. The van der Waals surface area contributed by atoms with E-state index in [2.05, 4.69) is 20.9 Å². The number of aromatic amines is 1. The number of hydrogen-bond acceptors (Lipinski definition) is 2. The van der Waals surface area contributed by atoms with Gasteiger partial charge in [-0.05, 0) is 28.1 Å². The third-order valence-electron chi connectivity index (χ3n) is 1.46. The maximum Gasteiger partial charge on any atom is 0.266 e. The summed E-state index contributed by atoms with van der Waals surface area (Å²) >= 11 is 7.78. The highest BCUT2D eigenvalue weighted by atomic mass is 79.9. The first kappa shape index (κ1) is 7.94. The summed E-state index contributed by atoms with van der Waals surface area (Å²) in [6, 6.07) is 2.87. The SMILES string of the molecule is Fc1cc2[nH]c(=S)oc2cc1Br. The molecule has 1 aromatic heterocycles. The quantitative estimate of drug-likeness (QED) is 0.724. The second kappa shape index (κ2) is 2.67. The molecule has 2 aromatic rings. The first-order valence-corrected chi connectivity index (χ1v) is 4.35. The van der Waals surface area contributed by atoms with E-state index in [-0.39, 0.29) is 10.7 Å². The summed E-state index contributed by atoms with van der Waals surface area (Å²) in [5.41, 5.74) is 1.12. The van der Waals surface area contributed by atoms with Gasteiger partial charge in [0.2, 0.25) is 0 Å². The molecule has 0 saturated heterocycles. The molecule has 2 rings (SSSR count). The highest BCUT2D eigenvalue weighted by molar-refractivity contribution is 9.10. The van der Waals surface area contributed by atoms with Crippen LogP contribution in [0.15, 0.2) is 21.0 Å². The van der Waals surface area contributed by atoms with Crippen molar-refractivity contribution in [1.82, 2.24) is 4.98 Å². The lowest BCUT2D eigenvalue weighted by molar-refractivity contribution is 0.581. The Morgan fingerprint density at radius 2 is 2.25 bits per heavy atom. The molecule has 0 saturated carbocycles. The Hall–Kier alpha value is -0.680. The Kier molecular flexibility index (Phi) is 1.77. The largest absolute Gasteiger partial charge is 0.429 e. The van der Waals surface area contributed by atoms with Crippen molar-refractivity contribution >= 4 is 39.2 Å². The monoisotopic (exact) mass is 247 g/mol. The third-order valence-corrected chi connectivity index (χ3v) is 2.25. The van der Waals surface area contributed by atoms with Gasteiger partial charge in [0.15, 0.2) is 5.58 Å². The van der Waals surface area contributed by atoms with E-state index < -0.39 is 0 Å². The number of aromatic nitrogens is 1. The van der Waals surface area contributed by atoms with Gasteiger partial charge in [-0.1, -0.05) is 0 Å². The summed E-state index contributed by atoms with van der Waals surface area (Å²) in [7, 11) is 0. The van der Waals surface area contributed by atoms with Gasteiger partial charge in [-0.15, -0.1) is 0 Å². The molecule has 1 heterocycles. The number of H-pyrrole nitrogens is 1. The van der Waals surface area contributed by atoms with Gasteiger partial charge in [-0.25, -0.2) is 4.39 Å². The van der Waals surface area contributed by atoms with Crippen molar-refractivity contribution in [3.05, 3.63) is 27.3 Å². The van der Waals surface area contributed by atoms with Gasteiger partial charge in [0.1, 0.15) is 5.82 Å². The summed E-state index contributed by atoms with van der Waals surface area (Å²) in [5, 5.41) is 0. The zero-order valence-electron chi connectivity index (χ0n) is 5.73. The van der Waals surface area contributed by atoms with Gasteiger partial charge in [0.05, 0.1) is 9.99 Å². The predicted molar refractivity (Wildman–Crippen MR) is 49.1 cm³/mol. The molecule has 0 spiro atoms. The van der Waals surface area contributed by atoms with E-state index in [9.17, 15) is 4.39 Å². The van der Waals surface area contributed by atoms with E-state index in [1.807, 2.05) is 0 Å². The van der Waals surface area contributed by atoms with Crippen molar-refractivity contribution in [2.75, 3.05) is 0 Å². The minimum Gasteiger partial charge on any atom is -0.429 e. The van der Waals surface area contributed by atoms with Gasteiger partial charge in [0, 0.05) is 12.1 Å². The van der Waals surface area contributed by atoms with Crippen LogP contribution >= 0.6 is 28.1 Å². The first-order chi connectivity index (χ1) is 5.66. The molecule has 2 nitrogen and oxygen atoms in total. The second-order valence-electron chi connectivity index (χ2n) is 2.28. The number of fused-ring (bicyclic) bond motifs is 1. The molecule has 5 heteroatoms. The average molecular weight is 248 g/mol. The summed E-state index contributed by atoms with van der Waals surface area (Å²) in [6.45, 7) is 0. The lowest BCUT2D eigenvalue weighted by Crippen LogP contribution is -1.76. The highest BCUT2D eigenvalue weighted by Crippen LogP contribution is 2.22. The van der Waals surface area contributed by atoms with E-state index in [4.69, 9.17) is 16.6 Å². The van der Waals surface area contributed by atoms with Crippen LogP contribution in [0, 0.1) is 10.7 Å². The molecular weight excluding hydrogens is 245 g/mol. The maximum atomic E-state index is 12.9. The number of rotatable bonds is 0. The van der Waals surface area contributed by atoms with E-state index >= 15 is 0 Å². The Labute approximate surface area is 80.5 Å². The second-order valence-corrected chi connectivity index (χ2v) is 3.50. The van der Waals surface area contributed by atoms with Crippen molar-refractivity contribution in [3.63, 3.8) is 0 Å². The smallest absolute Gasteiger partial charge is 0.266 e. The van der Waals surface area contributed by atoms with Gasteiger partial charge < -0.3 is 9.40 Å². The molecule has 0 atom stereocenters. The fourth-order valence-corrected chi connectivity index (χ4v) is 1.47. The molecule has 0 bridgehead atoms. The number of nitrogens with one attached hydrogen (secondary N) is 1. The Morgan fingerprint density at radius 1 is 1.50 bits per heavy atom. The van der Waals surface area contributed by atoms with Crippen LogP contribution in [-0.2, 0) is 0 Å². The van der Waals surface area contributed by atoms with Crippen LogP contribution in [0.4, 0.5) is 4.39 Å². The molecule has 62 valence electrons. The van der Waals surface area contributed by atoms with E-state index in [1.165, 1.54) is 12.1 Å². The number of benzene rings is 1. The standard InChI is InChI=1S/C7H3BrFNOS/c8-3-1-6-5(2-4(3)9)10-7(12)11-6/h1-2H,(H,10,12). The molecule has 0 aliphatic rings. The Balaban J connectivity index is 2.92. The van der Waals surface area contributed by atoms with Crippen molar-refractivity contribution in [1.29, 1.82) is 0 Å². The lowest BCUT2D eigenvalue weighted by Gasteiger charge is -1.91. The van der Waals surface area contributed by atoms with Crippen LogP contribution in [0.2, 0.25) is 0 Å². The topological polar surface area (TPSA) is 28.9 Å². The van der Waals surface area contributed by atoms with Crippen molar-refractivity contribution < 1.29 is 8.81 Å². The van der Waals surface area contributed by atoms with E-state index in [0.29, 0.717) is 15.6 Å². The zero-order valence-corrected chi connectivity index (χ0v) is 8.13. The average Bonchev–Trinajstić information content (AvgIpc) is 2.30. The van der Waals surface area contributed by atoms with Gasteiger partial charge in [-0.3, -0.25) is 0 Å². The fraction of sp³-hybridized carbons (Fsp3) is 0. The Morgan fingerprint density at radius 3 is 3.00 bits per heavy atom. The molecule has 1 aromatic carbocycles. The molecule has 1 N–H and O–H groups in total. The molecule has 0 fully saturated rings. The summed E-state index contributed by atoms with van der Waals surface area (Å²) in [6.07, 6.45) is 0. The summed E-state index contributed by atoms with van der Waals surface area (Å²) < 4.78 is 18.3. The van der Waals surface area contributed by atoms with Crippen LogP contribution in [0.25, 0.3) is 11.1 Å². The van der Waals surface area contributed by atoms with Gasteiger partial charge in [0.25, 0.3) is 4.84 Å². The van der Waals surface area contributed by atoms with Crippen LogP contribution in [-0.4, -0.2) is 4.98 Å². The number of halogens is 2. The number of hydrogen-bond donors (Lipinski definition) is 1. The van der Waals surface area contributed by atoms with Crippen LogP contribution in [0.5, 0.6) is 0 Å². The Bertz CT molecular complexity index is 448. The van der Waals surface area contributed by atoms with Crippen molar-refractivity contribution in [3.8, 4) is 0 Å². The number of oxazole rings is 1.